The van der Waals surface area contributed by atoms with Crippen LogP contribution in [-0.4, -0.2) is 60.9 Å². The van der Waals surface area contributed by atoms with Gasteiger partial charge in [-0.1, -0.05) is 19.9 Å². The topological polar surface area (TPSA) is 78.7 Å². The van der Waals surface area contributed by atoms with Crippen LogP contribution in [0.1, 0.15) is 31.7 Å². The normalized spacial score (nSPS) is 17.8. The van der Waals surface area contributed by atoms with Crippen molar-refractivity contribution in [2.75, 3.05) is 39.0 Å². The average molecular weight is 350 g/mol. The number of amides is 2. The number of rotatable bonds is 5. The van der Waals surface area contributed by atoms with Crippen LogP contribution < -0.4 is 11.1 Å². The summed E-state index contributed by atoms with van der Waals surface area (Å²) in [6.45, 7) is 6.39. The maximum atomic E-state index is 13.8. The van der Waals surface area contributed by atoms with E-state index in [0.717, 1.165) is 13.1 Å². The fourth-order valence-electron chi connectivity index (χ4n) is 2.92. The molecular formula is C18H27FN4O2. The third-order valence-electron chi connectivity index (χ3n) is 4.77. The Morgan fingerprint density at radius 1 is 1.28 bits per heavy atom. The van der Waals surface area contributed by atoms with E-state index in [1.807, 2.05) is 14.0 Å². The first-order valence-electron chi connectivity index (χ1n) is 8.65. The minimum Gasteiger partial charge on any atom is -0.396 e. The lowest BCUT2D eigenvalue weighted by atomic mass is 9.91. The number of likely N-dealkylation sites (N-methyl/N-ethyl adjacent to an activating group) is 1. The molecule has 2 rings (SSSR count). The van der Waals surface area contributed by atoms with Gasteiger partial charge in [0.15, 0.2) is 0 Å². The summed E-state index contributed by atoms with van der Waals surface area (Å²) < 4.78 is 13.8. The monoisotopic (exact) mass is 350 g/mol. The molecule has 138 valence electrons. The van der Waals surface area contributed by atoms with Crippen LogP contribution in [0.25, 0.3) is 0 Å². The molecule has 1 aliphatic rings. The highest BCUT2D eigenvalue weighted by molar-refractivity contribution is 5.88. The van der Waals surface area contributed by atoms with Crippen molar-refractivity contribution in [3.8, 4) is 0 Å². The van der Waals surface area contributed by atoms with E-state index in [2.05, 4.69) is 10.2 Å². The molecule has 0 spiro atoms. The molecular weight excluding hydrogens is 323 g/mol. The molecule has 1 heterocycles. The fraction of sp³-hybridized carbons (Fsp3) is 0.556. The van der Waals surface area contributed by atoms with Crippen molar-refractivity contribution in [3.63, 3.8) is 0 Å². The molecule has 1 saturated heterocycles. The second kappa shape index (κ2) is 8.29. The molecule has 0 radical (unpaired) electrons. The van der Waals surface area contributed by atoms with Gasteiger partial charge in [-0.15, -0.1) is 0 Å². The minimum atomic E-state index is -0.723. The molecule has 1 aromatic carbocycles. The Balaban J connectivity index is 2.23. The van der Waals surface area contributed by atoms with Gasteiger partial charge in [-0.3, -0.25) is 9.59 Å². The number of halogens is 1. The predicted molar refractivity (Wildman–Crippen MR) is 95.5 cm³/mol. The third-order valence-corrected chi connectivity index (χ3v) is 4.77. The fourth-order valence-corrected chi connectivity index (χ4v) is 2.92. The maximum Gasteiger partial charge on any atom is 0.245 e. The van der Waals surface area contributed by atoms with Gasteiger partial charge in [-0.05, 0) is 24.7 Å². The lowest BCUT2D eigenvalue weighted by Crippen LogP contribution is -2.55. The summed E-state index contributed by atoms with van der Waals surface area (Å²) in [6, 6.07) is 3.80. The van der Waals surface area contributed by atoms with Crippen LogP contribution in [0, 0.1) is 5.82 Å². The number of nitrogen functional groups attached to an aromatic ring is 1. The zero-order valence-corrected chi connectivity index (χ0v) is 15.1. The summed E-state index contributed by atoms with van der Waals surface area (Å²) >= 11 is 0. The van der Waals surface area contributed by atoms with Crippen molar-refractivity contribution in [2.45, 2.75) is 32.2 Å². The molecule has 1 fully saturated rings. The molecule has 0 aromatic heterocycles. The SMILES string of the molecule is CCC(=O)N[C@@H](C(=O)N1CCN(C)CC1)[C@@H](C)c1ccc(N)c(F)c1. The number of benzene rings is 1. The number of piperazine rings is 1. The van der Waals surface area contributed by atoms with Crippen molar-refractivity contribution in [3.05, 3.63) is 29.6 Å². The molecule has 1 aromatic rings. The van der Waals surface area contributed by atoms with Gasteiger partial charge >= 0.3 is 0 Å². The third kappa shape index (κ3) is 4.69. The highest BCUT2D eigenvalue weighted by Crippen LogP contribution is 2.24. The Labute approximate surface area is 148 Å². The van der Waals surface area contributed by atoms with E-state index >= 15 is 0 Å². The average Bonchev–Trinajstić information content (AvgIpc) is 2.61. The van der Waals surface area contributed by atoms with Gasteiger partial charge in [-0.2, -0.15) is 0 Å². The number of hydrogen-bond acceptors (Lipinski definition) is 4. The highest BCUT2D eigenvalue weighted by atomic mass is 19.1. The Kier molecular flexibility index (Phi) is 6.36. The zero-order valence-electron chi connectivity index (χ0n) is 15.1. The van der Waals surface area contributed by atoms with Gasteiger partial charge < -0.3 is 20.9 Å². The standard InChI is InChI=1S/C18H27FN4O2/c1-4-16(24)21-17(18(25)23-9-7-22(3)8-10-23)12(2)13-5-6-15(20)14(19)11-13/h5-6,11-12,17H,4,7-10,20H2,1-3H3,(H,21,24)/t12-,17+/m0/s1. The number of nitrogens with one attached hydrogen (secondary N) is 1. The van der Waals surface area contributed by atoms with Crippen LogP contribution in [0.15, 0.2) is 18.2 Å². The molecule has 0 saturated carbocycles. The molecule has 0 aliphatic carbocycles. The first-order valence-corrected chi connectivity index (χ1v) is 8.65. The van der Waals surface area contributed by atoms with E-state index in [4.69, 9.17) is 5.73 Å². The van der Waals surface area contributed by atoms with Gasteiger partial charge in [0.05, 0.1) is 5.69 Å². The van der Waals surface area contributed by atoms with E-state index in [-0.39, 0.29) is 29.8 Å². The van der Waals surface area contributed by atoms with Crippen LogP contribution in [0.2, 0.25) is 0 Å². The van der Waals surface area contributed by atoms with Crippen LogP contribution in [-0.2, 0) is 9.59 Å². The molecule has 3 N–H and O–H groups in total. The van der Waals surface area contributed by atoms with E-state index in [9.17, 15) is 14.0 Å². The summed E-state index contributed by atoms with van der Waals surface area (Å²) in [7, 11) is 2.01. The number of nitrogens with two attached hydrogens (primary N) is 1. The summed E-state index contributed by atoms with van der Waals surface area (Å²) in [4.78, 5) is 28.9. The Morgan fingerprint density at radius 3 is 2.48 bits per heavy atom. The molecule has 7 heteroatoms. The van der Waals surface area contributed by atoms with Crippen molar-refractivity contribution in [2.24, 2.45) is 0 Å². The van der Waals surface area contributed by atoms with Crippen LogP contribution in [0.3, 0.4) is 0 Å². The van der Waals surface area contributed by atoms with Crippen LogP contribution in [0.4, 0.5) is 10.1 Å². The van der Waals surface area contributed by atoms with Crippen LogP contribution >= 0.6 is 0 Å². The first-order chi connectivity index (χ1) is 11.8. The van der Waals surface area contributed by atoms with Crippen LogP contribution in [0.5, 0.6) is 0 Å². The smallest absolute Gasteiger partial charge is 0.245 e. The predicted octanol–water partition coefficient (Wildman–Crippen LogP) is 1.18. The van der Waals surface area contributed by atoms with Crippen molar-refractivity contribution in [1.29, 1.82) is 0 Å². The number of carbonyl (C=O) groups is 2. The van der Waals surface area contributed by atoms with Gasteiger partial charge in [0.25, 0.3) is 0 Å². The maximum absolute atomic E-state index is 13.8. The minimum absolute atomic E-state index is 0.0653. The van der Waals surface area contributed by atoms with E-state index in [1.165, 1.54) is 12.1 Å². The summed E-state index contributed by atoms with van der Waals surface area (Å²) in [5, 5.41) is 2.81. The largest absolute Gasteiger partial charge is 0.396 e. The molecule has 2 amide bonds. The number of nitrogens with zero attached hydrogens (tertiary/aromatic N) is 2. The quantitative estimate of drug-likeness (QED) is 0.782. The first kappa shape index (κ1) is 19.2. The molecule has 2 atom stereocenters. The lowest BCUT2D eigenvalue weighted by Gasteiger charge is -2.36. The molecule has 6 nitrogen and oxygen atoms in total. The van der Waals surface area contributed by atoms with Gasteiger partial charge in [0.2, 0.25) is 11.8 Å². The van der Waals surface area contributed by atoms with Crippen molar-refractivity contribution in [1.82, 2.24) is 15.1 Å². The number of hydrogen-bond donors (Lipinski definition) is 2. The molecule has 1 aliphatic heterocycles. The second-order valence-corrected chi connectivity index (χ2v) is 6.60. The van der Waals surface area contributed by atoms with Gasteiger partial charge in [0.1, 0.15) is 11.9 Å². The van der Waals surface area contributed by atoms with Crippen molar-refractivity contribution >= 4 is 17.5 Å². The van der Waals surface area contributed by atoms with Crippen molar-refractivity contribution < 1.29 is 14.0 Å². The Hall–Kier alpha value is -2.15. The molecule has 0 bridgehead atoms. The van der Waals surface area contributed by atoms with E-state index < -0.39 is 11.9 Å². The lowest BCUT2D eigenvalue weighted by molar-refractivity contribution is -0.138. The molecule has 25 heavy (non-hydrogen) atoms. The van der Waals surface area contributed by atoms with E-state index in [0.29, 0.717) is 18.7 Å². The second-order valence-electron chi connectivity index (χ2n) is 6.60. The number of anilines is 1. The Morgan fingerprint density at radius 2 is 1.92 bits per heavy atom. The van der Waals surface area contributed by atoms with Gasteiger partial charge in [-0.25, -0.2) is 4.39 Å². The summed E-state index contributed by atoms with van der Waals surface area (Å²) in [6.07, 6.45) is 0.287. The summed E-state index contributed by atoms with van der Waals surface area (Å²) in [5.74, 6) is -1.20. The zero-order chi connectivity index (χ0) is 18.6. The molecule has 0 unspecified atom stereocenters. The Bertz CT molecular complexity index is 630. The number of carbonyl (C=O) groups excluding carboxylic acids is 2. The van der Waals surface area contributed by atoms with E-state index in [1.54, 1.807) is 17.9 Å². The highest BCUT2D eigenvalue weighted by Gasteiger charge is 2.32. The van der Waals surface area contributed by atoms with Gasteiger partial charge in [0, 0.05) is 38.5 Å². The summed E-state index contributed by atoms with van der Waals surface area (Å²) in [5.41, 5.74) is 6.23.